The molecular formula is C14H17N3OS. The molecule has 0 bridgehead atoms. The smallest absolute Gasteiger partial charge is 0.133 e. The molecule has 0 saturated heterocycles. The molecule has 19 heavy (non-hydrogen) atoms. The molecular weight excluding hydrogens is 258 g/mol. The molecule has 0 spiro atoms. The van der Waals surface area contributed by atoms with Gasteiger partial charge in [0.05, 0.1) is 11.7 Å². The Morgan fingerprint density at radius 2 is 2.26 bits per heavy atom. The van der Waals surface area contributed by atoms with Crippen molar-refractivity contribution in [3.63, 3.8) is 0 Å². The molecule has 3 rings (SSSR count). The van der Waals surface area contributed by atoms with E-state index in [9.17, 15) is 0 Å². The number of ether oxygens (including phenoxy) is 1. The number of rotatable bonds is 3. The van der Waals surface area contributed by atoms with E-state index >= 15 is 0 Å². The summed E-state index contributed by atoms with van der Waals surface area (Å²) >= 11 is 1.84. The highest BCUT2D eigenvalue weighted by atomic mass is 32.2. The van der Waals surface area contributed by atoms with E-state index in [1.807, 2.05) is 61.0 Å². The molecule has 2 heterocycles. The summed E-state index contributed by atoms with van der Waals surface area (Å²) in [6.45, 7) is 0. The van der Waals surface area contributed by atoms with E-state index in [1.54, 1.807) is 0 Å². The minimum absolute atomic E-state index is 0.0970. The van der Waals surface area contributed by atoms with E-state index < -0.39 is 0 Å². The Morgan fingerprint density at radius 1 is 1.42 bits per heavy atom. The van der Waals surface area contributed by atoms with Gasteiger partial charge < -0.3 is 10.1 Å². The van der Waals surface area contributed by atoms with E-state index in [4.69, 9.17) is 4.74 Å². The number of hydrogen-bond donors (Lipinski definition) is 1. The first-order chi connectivity index (χ1) is 9.28. The van der Waals surface area contributed by atoms with Crippen molar-refractivity contribution in [3.8, 4) is 5.75 Å². The van der Waals surface area contributed by atoms with Crippen LogP contribution in [0.3, 0.4) is 0 Å². The van der Waals surface area contributed by atoms with Gasteiger partial charge in [-0.05, 0) is 25.2 Å². The van der Waals surface area contributed by atoms with Gasteiger partial charge in [-0.15, -0.1) is 11.8 Å². The fraction of sp³-hybridized carbons (Fsp3) is 0.357. The van der Waals surface area contributed by atoms with Crippen molar-refractivity contribution in [2.45, 2.75) is 17.0 Å². The Labute approximate surface area is 117 Å². The summed E-state index contributed by atoms with van der Waals surface area (Å²) in [6, 6.07) is 10.3. The fourth-order valence-electron chi connectivity index (χ4n) is 2.32. The van der Waals surface area contributed by atoms with E-state index in [0.717, 1.165) is 17.2 Å². The SMILES string of the molecule is CNC(c1ccn(C)n1)C1CSc2ccccc2O1. The zero-order valence-corrected chi connectivity index (χ0v) is 11.9. The van der Waals surface area contributed by atoms with Crippen LogP contribution >= 0.6 is 11.8 Å². The van der Waals surface area contributed by atoms with Crippen molar-refractivity contribution in [2.24, 2.45) is 7.05 Å². The zero-order valence-electron chi connectivity index (χ0n) is 11.0. The maximum atomic E-state index is 6.12. The highest BCUT2D eigenvalue weighted by Gasteiger charge is 2.29. The number of nitrogens with one attached hydrogen (secondary N) is 1. The summed E-state index contributed by atoms with van der Waals surface area (Å²) in [7, 11) is 3.88. The van der Waals surface area contributed by atoms with Gasteiger partial charge in [0.1, 0.15) is 11.9 Å². The van der Waals surface area contributed by atoms with Gasteiger partial charge in [0.2, 0.25) is 0 Å². The molecule has 4 nitrogen and oxygen atoms in total. The molecule has 0 fully saturated rings. The van der Waals surface area contributed by atoms with Crippen molar-refractivity contribution >= 4 is 11.8 Å². The molecule has 2 atom stereocenters. The summed E-state index contributed by atoms with van der Waals surface area (Å²) in [5.41, 5.74) is 1.02. The number of para-hydroxylation sites is 1. The molecule has 1 aromatic heterocycles. The van der Waals surface area contributed by atoms with Crippen molar-refractivity contribution in [1.82, 2.24) is 15.1 Å². The van der Waals surface area contributed by atoms with Crippen molar-refractivity contribution in [3.05, 3.63) is 42.2 Å². The number of nitrogens with zero attached hydrogens (tertiary/aromatic N) is 2. The summed E-state index contributed by atoms with van der Waals surface area (Å²) < 4.78 is 7.94. The maximum absolute atomic E-state index is 6.12. The number of benzene rings is 1. The fourth-order valence-corrected chi connectivity index (χ4v) is 3.36. The minimum atomic E-state index is 0.0970. The highest BCUT2D eigenvalue weighted by Crippen LogP contribution is 2.37. The van der Waals surface area contributed by atoms with E-state index in [-0.39, 0.29) is 12.1 Å². The van der Waals surface area contributed by atoms with E-state index in [1.165, 1.54) is 4.90 Å². The highest BCUT2D eigenvalue weighted by molar-refractivity contribution is 7.99. The molecule has 2 aromatic rings. The third-order valence-electron chi connectivity index (χ3n) is 3.27. The van der Waals surface area contributed by atoms with Crippen LogP contribution in [0.1, 0.15) is 11.7 Å². The van der Waals surface area contributed by atoms with Crippen LogP contribution in [-0.2, 0) is 7.05 Å². The molecule has 2 unspecified atom stereocenters. The Morgan fingerprint density at radius 3 is 3.00 bits per heavy atom. The van der Waals surface area contributed by atoms with Crippen molar-refractivity contribution < 1.29 is 4.74 Å². The van der Waals surface area contributed by atoms with Gasteiger partial charge in [0.25, 0.3) is 0 Å². The van der Waals surface area contributed by atoms with Crippen LogP contribution in [0.25, 0.3) is 0 Å². The Hall–Kier alpha value is -1.46. The molecule has 100 valence electrons. The van der Waals surface area contributed by atoms with Crippen molar-refractivity contribution in [2.75, 3.05) is 12.8 Å². The number of aryl methyl sites for hydroxylation is 1. The van der Waals surface area contributed by atoms with Crippen LogP contribution in [0, 0.1) is 0 Å². The first-order valence-electron chi connectivity index (χ1n) is 6.33. The molecule has 1 aromatic carbocycles. The molecule has 0 aliphatic carbocycles. The lowest BCUT2D eigenvalue weighted by molar-refractivity contribution is 0.168. The first-order valence-corrected chi connectivity index (χ1v) is 7.32. The van der Waals surface area contributed by atoms with Gasteiger partial charge >= 0.3 is 0 Å². The number of thioether (sulfide) groups is 1. The third-order valence-corrected chi connectivity index (χ3v) is 4.41. The molecule has 1 N–H and O–H groups in total. The standard InChI is InChI=1S/C14H17N3OS/c1-15-14(10-7-8-17(2)16-10)12-9-19-13-6-4-3-5-11(13)18-12/h3-8,12,14-15H,9H2,1-2H3. The van der Waals surface area contributed by atoms with Crippen LogP contribution in [0.15, 0.2) is 41.4 Å². The predicted octanol–water partition coefficient (Wildman–Crippen LogP) is 2.23. The quantitative estimate of drug-likeness (QED) is 0.932. The van der Waals surface area contributed by atoms with Crippen molar-refractivity contribution in [1.29, 1.82) is 0 Å². The number of fused-ring (bicyclic) bond motifs is 1. The van der Waals surface area contributed by atoms with Gasteiger partial charge in [-0.2, -0.15) is 5.10 Å². The summed E-state index contributed by atoms with van der Waals surface area (Å²) in [4.78, 5) is 1.22. The largest absolute Gasteiger partial charge is 0.486 e. The van der Waals surface area contributed by atoms with Gasteiger partial charge in [-0.1, -0.05) is 12.1 Å². The topological polar surface area (TPSA) is 39.1 Å². The maximum Gasteiger partial charge on any atom is 0.133 e. The van der Waals surface area contributed by atoms with Gasteiger partial charge in [-0.25, -0.2) is 0 Å². The van der Waals surface area contributed by atoms with Crippen LogP contribution in [0.2, 0.25) is 0 Å². The third kappa shape index (κ3) is 2.48. The second-order valence-corrected chi connectivity index (χ2v) is 5.66. The van der Waals surface area contributed by atoms with Crippen LogP contribution in [0.5, 0.6) is 5.75 Å². The second kappa shape index (κ2) is 5.27. The number of likely N-dealkylation sites (N-methyl/N-ethyl adjacent to an activating group) is 1. The Kier molecular flexibility index (Phi) is 3.48. The molecule has 0 saturated carbocycles. The molecule has 0 amide bonds. The molecule has 0 radical (unpaired) electrons. The number of aromatic nitrogens is 2. The lowest BCUT2D eigenvalue weighted by Crippen LogP contribution is -2.37. The average Bonchev–Trinajstić information content (AvgIpc) is 2.86. The van der Waals surface area contributed by atoms with Gasteiger partial charge in [-0.3, -0.25) is 4.68 Å². The van der Waals surface area contributed by atoms with Crippen LogP contribution in [-0.4, -0.2) is 28.7 Å². The van der Waals surface area contributed by atoms with Crippen LogP contribution in [0.4, 0.5) is 0 Å². The van der Waals surface area contributed by atoms with E-state index in [2.05, 4.69) is 16.5 Å². The van der Waals surface area contributed by atoms with Crippen LogP contribution < -0.4 is 10.1 Å². The van der Waals surface area contributed by atoms with E-state index in [0.29, 0.717) is 0 Å². The lowest BCUT2D eigenvalue weighted by Gasteiger charge is -2.30. The predicted molar refractivity (Wildman–Crippen MR) is 76.6 cm³/mol. The molecule has 1 aliphatic heterocycles. The summed E-state index contributed by atoms with van der Waals surface area (Å²) in [5, 5.41) is 7.80. The zero-order chi connectivity index (χ0) is 13.2. The normalized spacial score (nSPS) is 19.6. The monoisotopic (exact) mass is 275 g/mol. The molecule has 5 heteroatoms. The first kappa shape index (κ1) is 12.6. The second-order valence-electron chi connectivity index (χ2n) is 4.59. The lowest BCUT2D eigenvalue weighted by atomic mass is 10.1. The summed E-state index contributed by atoms with van der Waals surface area (Å²) in [5.74, 6) is 1.90. The number of hydrogen-bond acceptors (Lipinski definition) is 4. The minimum Gasteiger partial charge on any atom is -0.486 e. The van der Waals surface area contributed by atoms with Gasteiger partial charge in [0, 0.05) is 23.9 Å². The molecule has 1 aliphatic rings. The average molecular weight is 275 g/mol. The Balaban J connectivity index is 1.83. The summed E-state index contributed by atoms with van der Waals surface area (Å²) in [6.07, 6.45) is 2.06. The van der Waals surface area contributed by atoms with Gasteiger partial charge in [0.15, 0.2) is 0 Å². The Bertz CT molecular complexity index is 569.